The Morgan fingerprint density at radius 1 is 1.21 bits per heavy atom. The molecule has 0 aliphatic rings. The summed E-state index contributed by atoms with van der Waals surface area (Å²) in [6.07, 6.45) is 4.13. The first kappa shape index (κ1) is 20.9. The van der Waals surface area contributed by atoms with Crippen LogP contribution in [0.25, 0.3) is 11.0 Å². The average molecular weight is 416 g/mol. The molecular weight excluding hydrogens is 390 g/mol. The first-order valence-corrected chi connectivity index (χ1v) is 10.7. The third-order valence-corrected chi connectivity index (χ3v) is 6.69. The van der Waals surface area contributed by atoms with Crippen molar-refractivity contribution in [2.75, 3.05) is 14.1 Å². The minimum atomic E-state index is -3.52. The normalized spacial score (nSPS) is 13.0. The van der Waals surface area contributed by atoms with Gasteiger partial charge in [-0.15, -0.1) is 0 Å². The van der Waals surface area contributed by atoms with Crippen molar-refractivity contribution in [3.63, 3.8) is 0 Å². The molecule has 0 saturated carbocycles. The van der Waals surface area contributed by atoms with Crippen LogP contribution in [0.15, 0.2) is 47.6 Å². The third-order valence-electron chi connectivity index (χ3n) is 4.88. The molecule has 1 amide bonds. The van der Waals surface area contributed by atoms with Gasteiger partial charge in [0.15, 0.2) is 0 Å². The van der Waals surface area contributed by atoms with Gasteiger partial charge < -0.3 is 9.88 Å². The van der Waals surface area contributed by atoms with Gasteiger partial charge in [0.05, 0.1) is 22.0 Å². The van der Waals surface area contributed by atoms with Crippen LogP contribution in [0, 0.1) is 0 Å². The van der Waals surface area contributed by atoms with Crippen molar-refractivity contribution in [1.82, 2.24) is 24.2 Å². The highest BCUT2D eigenvalue weighted by Crippen LogP contribution is 2.22. The summed E-state index contributed by atoms with van der Waals surface area (Å²) in [5.41, 5.74) is 2.41. The minimum Gasteiger partial charge on any atom is -0.350 e. The quantitative estimate of drug-likeness (QED) is 0.637. The van der Waals surface area contributed by atoms with Crippen molar-refractivity contribution in [2.45, 2.75) is 30.7 Å². The lowest BCUT2D eigenvalue weighted by atomic mass is 10.1. The zero-order chi connectivity index (χ0) is 21.2. The van der Waals surface area contributed by atoms with Crippen LogP contribution in [0.2, 0.25) is 0 Å². The number of carbonyl (C=O) groups is 1. The predicted molar refractivity (Wildman–Crippen MR) is 111 cm³/mol. The fraction of sp³-hybridized carbons (Fsp3) is 0.350. The number of nitrogens with zero attached hydrogens (tertiary/aromatic N) is 4. The van der Waals surface area contributed by atoms with E-state index in [0.29, 0.717) is 11.9 Å². The van der Waals surface area contributed by atoms with E-state index < -0.39 is 10.0 Å². The summed E-state index contributed by atoms with van der Waals surface area (Å²) in [6, 6.07) is 8.52. The van der Waals surface area contributed by atoms with Gasteiger partial charge in [0.1, 0.15) is 5.82 Å². The van der Waals surface area contributed by atoms with E-state index in [2.05, 4.69) is 15.3 Å². The molecule has 1 N–H and O–H groups in total. The molecule has 1 aromatic carbocycles. The number of pyridine rings is 1. The monoisotopic (exact) mass is 415 g/mol. The Labute approximate surface area is 170 Å². The van der Waals surface area contributed by atoms with E-state index in [0.717, 1.165) is 16.9 Å². The maximum Gasteiger partial charge on any atom is 0.242 e. The highest BCUT2D eigenvalue weighted by atomic mass is 32.2. The molecule has 0 aliphatic carbocycles. The Bertz CT molecular complexity index is 1120. The molecule has 1 unspecified atom stereocenters. The fourth-order valence-electron chi connectivity index (χ4n) is 3.10. The van der Waals surface area contributed by atoms with Gasteiger partial charge in [-0.05, 0) is 42.8 Å². The molecule has 2 heterocycles. The molecule has 0 bridgehead atoms. The lowest BCUT2D eigenvalue weighted by Gasteiger charge is -2.14. The van der Waals surface area contributed by atoms with Gasteiger partial charge in [0.25, 0.3) is 0 Å². The summed E-state index contributed by atoms with van der Waals surface area (Å²) < 4.78 is 27.7. The molecule has 0 spiro atoms. The van der Waals surface area contributed by atoms with Crippen molar-refractivity contribution in [1.29, 1.82) is 0 Å². The topological polar surface area (TPSA) is 97.2 Å². The van der Waals surface area contributed by atoms with Crippen LogP contribution in [0.1, 0.15) is 30.8 Å². The van der Waals surface area contributed by atoms with E-state index in [-0.39, 0.29) is 23.3 Å². The van der Waals surface area contributed by atoms with Crippen molar-refractivity contribution >= 4 is 27.0 Å². The van der Waals surface area contributed by atoms with Gasteiger partial charge in [-0.1, -0.05) is 0 Å². The molecule has 0 aliphatic heterocycles. The van der Waals surface area contributed by atoms with Crippen molar-refractivity contribution in [2.24, 2.45) is 7.05 Å². The first-order valence-electron chi connectivity index (χ1n) is 9.27. The number of rotatable bonds is 7. The second-order valence-electron chi connectivity index (χ2n) is 7.09. The van der Waals surface area contributed by atoms with Gasteiger partial charge in [0.2, 0.25) is 15.9 Å². The van der Waals surface area contributed by atoms with Crippen LogP contribution in [-0.4, -0.2) is 47.3 Å². The Kier molecular flexibility index (Phi) is 5.99. The number of imidazole rings is 1. The number of amides is 1. The second kappa shape index (κ2) is 8.30. The molecule has 8 nitrogen and oxygen atoms in total. The Balaban J connectivity index is 1.72. The van der Waals surface area contributed by atoms with Crippen LogP contribution in [0.3, 0.4) is 0 Å². The van der Waals surface area contributed by atoms with Crippen molar-refractivity contribution in [3.05, 3.63) is 54.1 Å². The summed E-state index contributed by atoms with van der Waals surface area (Å²) in [5.74, 6) is 0.656. The van der Waals surface area contributed by atoms with Crippen molar-refractivity contribution < 1.29 is 13.2 Å². The average Bonchev–Trinajstić information content (AvgIpc) is 3.02. The highest BCUT2D eigenvalue weighted by Gasteiger charge is 2.19. The highest BCUT2D eigenvalue weighted by molar-refractivity contribution is 7.89. The van der Waals surface area contributed by atoms with Gasteiger partial charge in [-0.3, -0.25) is 9.78 Å². The lowest BCUT2D eigenvalue weighted by molar-refractivity contribution is -0.121. The molecule has 3 aromatic rings. The number of hydrogen-bond acceptors (Lipinski definition) is 5. The van der Waals surface area contributed by atoms with Crippen LogP contribution in [0.4, 0.5) is 0 Å². The number of hydrogen-bond donors (Lipinski definition) is 1. The number of benzene rings is 1. The molecule has 29 heavy (non-hydrogen) atoms. The van der Waals surface area contributed by atoms with Crippen LogP contribution >= 0.6 is 0 Å². The molecule has 9 heteroatoms. The van der Waals surface area contributed by atoms with E-state index in [1.54, 1.807) is 30.6 Å². The van der Waals surface area contributed by atoms with Gasteiger partial charge in [0, 0.05) is 46.4 Å². The molecule has 1 atom stereocenters. The predicted octanol–water partition coefficient (Wildman–Crippen LogP) is 2.03. The Morgan fingerprint density at radius 3 is 2.55 bits per heavy atom. The summed E-state index contributed by atoms with van der Waals surface area (Å²) in [5, 5.41) is 2.97. The Hall–Kier alpha value is -2.78. The van der Waals surface area contributed by atoms with Gasteiger partial charge in [-0.2, -0.15) is 0 Å². The third kappa shape index (κ3) is 4.46. The number of aromatic nitrogens is 3. The summed E-state index contributed by atoms with van der Waals surface area (Å²) in [7, 11) is 1.33. The summed E-state index contributed by atoms with van der Waals surface area (Å²) >= 11 is 0. The SMILES string of the molecule is CC(NC(=O)CCc1nc2cc(S(=O)(=O)N(C)C)ccc2n1C)c1ccncc1. The van der Waals surface area contributed by atoms with E-state index in [1.165, 1.54) is 18.4 Å². The van der Waals surface area contributed by atoms with Crippen LogP contribution < -0.4 is 5.32 Å². The standard InChI is InChI=1S/C20H25N5O3S/c1-14(15-9-11-21-12-10-15)22-20(26)8-7-19-23-17-13-16(29(27,28)24(2)3)5-6-18(17)25(19)4/h5-6,9-14H,7-8H2,1-4H3,(H,22,26). The number of aryl methyl sites for hydroxylation is 2. The zero-order valence-corrected chi connectivity index (χ0v) is 17.8. The van der Waals surface area contributed by atoms with Crippen molar-refractivity contribution in [3.8, 4) is 0 Å². The smallest absolute Gasteiger partial charge is 0.242 e. The minimum absolute atomic E-state index is 0.0720. The number of nitrogens with one attached hydrogen (secondary N) is 1. The lowest BCUT2D eigenvalue weighted by Crippen LogP contribution is -2.27. The molecule has 0 saturated heterocycles. The summed E-state index contributed by atoms with van der Waals surface area (Å²) in [6.45, 7) is 1.93. The largest absolute Gasteiger partial charge is 0.350 e. The second-order valence-corrected chi connectivity index (χ2v) is 9.25. The van der Waals surface area contributed by atoms with Crippen LogP contribution in [0.5, 0.6) is 0 Å². The van der Waals surface area contributed by atoms with E-state index >= 15 is 0 Å². The number of fused-ring (bicyclic) bond motifs is 1. The van der Waals surface area contributed by atoms with Gasteiger partial charge in [-0.25, -0.2) is 17.7 Å². The maximum atomic E-state index is 12.3. The zero-order valence-electron chi connectivity index (χ0n) is 17.0. The van der Waals surface area contributed by atoms with E-state index in [9.17, 15) is 13.2 Å². The molecule has 3 rings (SSSR count). The summed E-state index contributed by atoms with van der Waals surface area (Å²) in [4.78, 5) is 21.1. The maximum absolute atomic E-state index is 12.3. The van der Waals surface area contributed by atoms with E-state index in [1.807, 2.05) is 30.7 Å². The molecule has 154 valence electrons. The first-order chi connectivity index (χ1) is 13.7. The van der Waals surface area contributed by atoms with Crippen LogP contribution in [-0.2, 0) is 28.3 Å². The van der Waals surface area contributed by atoms with Gasteiger partial charge >= 0.3 is 0 Å². The molecule has 0 radical (unpaired) electrons. The molecule has 0 fully saturated rings. The number of sulfonamides is 1. The van der Waals surface area contributed by atoms with E-state index in [4.69, 9.17) is 0 Å². The Morgan fingerprint density at radius 2 is 1.90 bits per heavy atom. The molecular formula is C20H25N5O3S. The molecule has 2 aromatic heterocycles. The fourth-order valence-corrected chi connectivity index (χ4v) is 4.02. The number of carbonyl (C=O) groups excluding carboxylic acids is 1.